The molecule has 0 saturated carbocycles. The van der Waals surface area contributed by atoms with E-state index in [0.29, 0.717) is 12.8 Å². The minimum atomic E-state index is -0.955. The summed E-state index contributed by atoms with van der Waals surface area (Å²) < 4.78 is 10.3. The van der Waals surface area contributed by atoms with Gasteiger partial charge in [0, 0.05) is 12.8 Å². The Kier molecular flexibility index (Phi) is 31.9. The summed E-state index contributed by atoms with van der Waals surface area (Å²) in [5.41, 5.74) is 0. The predicted octanol–water partition coefficient (Wildman–Crippen LogP) is 11.0. The van der Waals surface area contributed by atoms with Gasteiger partial charge < -0.3 is 14.6 Å². The first kappa shape index (κ1) is 40.9. The molecule has 0 aliphatic carbocycles. The molecule has 0 aromatic rings. The standard InChI is InChI=1S/C37H72O5/c1-4-5-6-7-8-9-10-11-12-13-14-15-16-17-18-21-24-27-30-36(39)41-32-35(38)33-42-37(40)31-28-25-22-19-20-23-26-29-34(2)3/h34-35,38H,4-33H2,1-3H3/t35-/m0/s1. The van der Waals surface area contributed by atoms with Crippen LogP contribution in [-0.4, -0.2) is 36.4 Å². The molecule has 1 atom stereocenters. The van der Waals surface area contributed by atoms with Crippen LogP contribution >= 0.6 is 0 Å². The summed E-state index contributed by atoms with van der Waals surface area (Å²) in [4.78, 5) is 23.8. The third-order valence-corrected chi connectivity index (χ3v) is 8.27. The molecule has 0 amide bonds. The number of carbonyl (C=O) groups is 2. The molecule has 0 aromatic heterocycles. The Morgan fingerprint density at radius 2 is 0.762 bits per heavy atom. The molecular weight excluding hydrogens is 524 g/mol. The molecule has 5 nitrogen and oxygen atoms in total. The smallest absolute Gasteiger partial charge is 0.305 e. The number of hydrogen-bond acceptors (Lipinski definition) is 5. The normalized spacial score (nSPS) is 12.1. The molecule has 5 heteroatoms. The van der Waals surface area contributed by atoms with Gasteiger partial charge in [-0.3, -0.25) is 9.59 Å². The second-order valence-corrected chi connectivity index (χ2v) is 13.2. The van der Waals surface area contributed by atoms with E-state index in [0.717, 1.165) is 38.0 Å². The molecule has 0 radical (unpaired) electrons. The van der Waals surface area contributed by atoms with E-state index in [1.54, 1.807) is 0 Å². The molecule has 0 rings (SSSR count). The molecule has 0 aliphatic rings. The Bertz CT molecular complexity index is 577. The monoisotopic (exact) mass is 597 g/mol. The van der Waals surface area contributed by atoms with E-state index >= 15 is 0 Å². The van der Waals surface area contributed by atoms with Crippen molar-refractivity contribution in [3.05, 3.63) is 0 Å². The Morgan fingerprint density at radius 3 is 1.07 bits per heavy atom. The van der Waals surface area contributed by atoms with Crippen molar-refractivity contribution in [3.63, 3.8) is 0 Å². The summed E-state index contributed by atoms with van der Waals surface area (Å²) in [6, 6.07) is 0. The van der Waals surface area contributed by atoms with Crippen LogP contribution in [0.4, 0.5) is 0 Å². The van der Waals surface area contributed by atoms with E-state index in [9.17, 15) is 14.7 Å². The molecule has 0 heterocycles. The number of unbranched alkanes of at least 4 members (excludes halogenated alkanes) is 23. The van der Waals surface area contributed by atoms with Gasteiger partial charge in [0.25, 0.3) is 0 Å². The maximum atomic E-state index is 11.9. The Morgan fingerprint density at radius 1 is 0.476 bits per heavy atom. The van der Waals surface area contributed by atoms with Crippen LogP contribution in [0.15, 0.2) is 0 Å². The van der Waals surface area contributed by atoms with Crippen LogP contribution in [0.25, 0.3) is 0 Å². The third-order valence-electron chi connectivity index (χ3n) is 8.27. The van der Waals surface area contributed by atoms with Gasteiger partial charge in [-0.2, -0.15) is 0 Å². The van der Waals surface area contributed by atoms with Crippen molar-refractivity contribution in [2.45, 2.75) is 207 Å². The molecular formula is C37H72O5. The summed E-state index contributed by atoms with van der Waals surface area (Å²) in [5, 5.41) is 9.97. The summed E-state index contributed by atoms with van der Waals surface area (Å²) in [7, 11) is 0. The van der Waals surface area contributed by atoms with E-state index in [1.165, 1.54) is 135 Å². The third kappa shape index (κ3) is 33.4. The van der Waals surface area contributed by atoms with Gasteiger partial charge in [0.2, 0.25) is 0 Å². The fourth-order valence-corrected chi connectivity index (χ4v) is 5.45. The maximum absolute atomic E-state index is 11.9. The number of rotatable bonds is 33. The second-order valence-electron chi connectivity index (χ2n) is 13.2. The molecule has 0 fully saturated rings. The van der Waals surface area contributed by atoms with Gasteiger partial charge in [-0.25, -0.2) is 0 Å². The van der Waals surface area contributed by atoms with Gasteiger partial charge in [-0.05, 0) is 18.8 Å². The van der Waals surface area contributed by atoms with E-state index in [1.807, 2.05) is 0 Å². The average Bonchev–Trinajstić information content (AvgIpc) is 2.97. The first-order chi connectivity index (χ1) is 20.5. The SMILES string of the molecule is CCCCCCCCCCCCCCCCCCCCC(=O)OC[C@H](O)COC(=O)CCCCCCCCCC(C)C. The zero-order chi connectivity index (χ0) is 30.9. The summed E-state index contributed by atoms with van der Waals surface area (Å²) in [6.45, 7) is 6.60. The number of ether oxygens (including phenoxy) is 2. The van der Waals surface area contributed by atoms with Crippen LogP contribution in [0.1, 0.15) is 201 Å². The zero-order valence-corrected chi connectivity index (χ0v) is 28.4. The van der Waals surface area contributed by atoms with Crippen LogP contribution in [0.5, 0.6) is 0 Å². The van der Waals surface area contributed by atoms with Gasteiger partial charge in [0.1, 0.15) is 19.3 Å². The van der Waals surface area contributed by atoms with Gasteiger partial charge in [0.05, 0.1) is 0 Å². The lowest BCUT2D eigenvalue weighted by molar-refractivity contribution is -0.152. The largest absolute Gasteiger partial charge is 0.463 e. The van der Waals surface area contributed by atoms with Crippen LogP contribution in [0, 0.1) is 5.92 Å². The molecule has 0 aromatic carbocycles. The quantitative estimate of drug-likeness (QED) is 0.0602. The Labute approximate surface area is 261 Å². The molecule has 0 bridgehead atoms. The van der Waals surface area contributed by atoms with Gasteiger partial charge >= 0.3 is 11.9 Å². The number of esters is 2. The van der Waals surface area contributed by atoms with Crippen molar-refractivity contribution in [3.8, 4) is 0 Å². The van der Waals surface area contributed by atoms with Gasteiger partial charge in [-0.15, -0.1) is 0 Å². The molecule has 0 unspecified atom stereocenters. The first-order valence-corrected chi connectivity index (χ1v) is 18.4. The zero-order valence-electron chi connectivity index (χ0n) is 28.4. The fraction of sp³-hybridized carbons (Fsp3) is 0.946. The Balaban J connectivity index is 3.37. The predicted molar refractivity (Wildman–Crippen MR) is 178 cm³/mol. The second kappa shape index (κ2) is 32.8. The Hall–Kier alpha value is -1.10. The van der Waals surface area contributed by atoms with Gasteiger partial charge in [-0.1, -0.05) is 175 Å². The average molecular weight is 597 g/mol. The molecule has 0 spiro atoms. The van der Waals surface area contributed by atoms with Crippen LogP contribution in [-0.2, 0) is 19.1 Å². The van der Waals surface area contributed by atoms with E-state index in [2.05, 4.69) is 20.8 Å². The molecule has 1 N–H and O–H groups in total. The number of carbonyl (C=O) groups excluding carboxylic acids is 2. The lowest BCUT2D eigenvalue weighted by atomic mass is 10.0. The fourth-order valence-electron chi connectivity index (χ4n) is 5.45. The van der Waals surface area contributed by atoms with Crippen molar-refractivity contribution in [1.82, 2.24) is 0 Å². The minimum Gasteiger partial charge on any atom is -0.463 e. The molecule has 250 valence electrons. The number of hydrogen-bond donors (Lipinski definition) is 1. The first-order valence-electron chi connectivity index (χ1n) is 18.4. The highest BCUT2D eigenvalue weighted by atomic mass is 16.6. The van der Waals surface area contributed by atoms with E-state index < -0.39 is 6.10 Å². The van der Waals surface area contributed by atoms with Crippen molar-refractivity contribution in [2.24, 2.45) is 5.92 Å². The highest BCUT2D eigenvalue weighted by Crippen LogP contribution is 2.15. The van der Waals surface area contributed by atoms with Crippen LogP contribution < -0.4 is 0 Å². The topological polar surface area (TPSA) is 72.8 Å². The molecule has 42 heavy (non-hydrogen) atoms. The number of aliphatic hydroxyl groups is 1. The van der Waals surface area contributed by atoms with Crippen LogP contribution in [0.2, 0.25) is 0 Å². The molecule has 0 saturated heterocycles. The maximum Gasteiger partial charge on any atom is 0.305 e. The summed E-state index contributed by atoms with van der Waals surface area (Å²) in [6.07, 6.45) is 33.1. The number of aliphatic hydroxyl groups excluding tert-OH is 1. The van der Waals surface area contributed by atoms with Gasteiger partial charge in [0.15, 0.2) is 0 Å². The molecule has 0 aliphatic heterocycles. The van der Waals surface area contributed by atoms with Crippen molar-refractivity contribution in [1.29, 1.82) is 0 Å². The lowest BCUT2D eigenvalue weighted by Crippen LogP contribution is -2.25. The van der Waals surface area contributed by atoms with E-state index in [4.69, 9.17) is 9.47 Å². The lowest BCUT2D eigenvalue weighted by Gasteiger charge is -2.12. The highest BCUT2D eigenvalue weighted by molar-refractivity contribution is 5.69. The highest BCUT2D eigenvalue weighted by Gasteiger charge is 2.12. The van der Waals surface area contributed by atoms with Crippen molar-refractivity contribution >= 4 is 11.9 Å². The van der Waals surface area contributed by atoms with Crippen molar-refractivity contribution in [2.75, 3.05) is 13.2 Å². The summed E-state index contributed by atoms with van der Waals surface area (Å²) >= 11 is 0. The van der Waals surface area contributed by atoms with Crippen molar-refractivity contribution < 1.29 is 24.2 Å². The van der Waals surface area contributed by atoms with Crippen LogP contribution in [0.3, 0.4) is 0 Å². The summed E-state index contributed by atoms with van der Waals surface area (Å²) in [5.74, 6) is 0.238. The minimum absolute atomic E-state index is 0.109. The van der Waals surface area contributed by atoms with E-state index in [-0.39, 0.29) is 25.2 Å².